The second kappa shape index (κ2) is 8.19. The average Bonchev–Trinajstić information content (AvgIpc) is 2.83. The molecular weight excluding hydrogens is 382 g/mol. The number of aromatic nitrogens is 1. The van der Waals surface area contributed by atoms with Gasteiger partial charge in [-0.1, -0.05) is 72.8 Å². The molecule has 0 atom stereocenters. The number of pyridine rings is 1. The topological polar surface area (TPSA) is 50.2 Å². The van der Waals surface area contributed by atoms with Crippen molar-refractivity contribution >= 4 is 38.3 Å². The Balaban J connectivity index is 0.000000140. The third-order valence-electron chi connectivity index (χ3n) is 6.11. The monoisotopic (exact) mass is 405 g/mol. The van der Waals surface area contributed by atoms with Crippen LogP contribution in [-0.2, 0) is 12.8 Å². The van der Waals surface area contributed by atoms with Gasteiger partial charge in [0, 0.05) is 11.6 Å². The Labute approximate surface area is 181 Å². The highest BCUT2D eigenvalue weighted by molar-refractivity contribution is 6.08. The molecule has 3 heteroatoms. The molecule has 31 heavy (non-hydrogen) atoms. The lowest BCUT2D eigenvalue weighted by Crippen LogP contribution is -2.02. The molecule has 0 aliphatic heterocycles. The highest BCUT2D eigenvalue weighted by atomic mass is 16.4. The maximum absolute atomic E-state index is 10.6. The van der Waals surface area contributed by atoms with E-state index in [4.69, 9.17) is 5.11 Å². The van der Waals surface area contributed by atoms with Gasteiger partial charge in [-0.2, -0.15) is 0 Å². The number of carboxylic acid groups (broad SMARTS) is 1. The first kappa shape index (κ1) is 19.3. The van der Waals surface area contributed by atoms with Gasteiger partial charge in [0.25, 0.3) is 0 Å². The highest BCUT2D eigenvalue weighted by Crippen LogP contribution is 2.33. The Bertz CT molecular complexity index is 1420. The minimum Gasteiger partial charge on any atom is -0.477 e. The summed E-state index contributed by atoms with van der Waals surface area (Å²) in [4.78, 5) is 14.4. The van der Waals surface area contributed by atoms with Crippen LogP contribution in [-0.4, -0.2) is 16.1 Å². The van der Waals surface area contributed by atoms with Gasteiger partial charge in [0.05, 0.1) is 0 Å². The van der Waals surface area contributed by atoms with Crippen molar-refractivity contribution in [3.63, 3.8) is 0 Å². The number of benzene rings is 4. The molecule has 0 fully saturated rings. The zero-order valence-electron chi connectivity index (χ0n) is 17.2. The van der Waals surface area contributed by atoms with Gasteiger partial charge < -0.3 is 5.11 Å². The van der Waals surface area contributed by atoms with Gasteiger partial charge in [-0.15, -0.1) is 0 Å². The molecular formula is C28H23NO2. The molecule has 0 radical (unpaired) electrons. The Morgan fingerprint density at radius 3 is 2.26 bits per heavy atom. The van der Waals surface area contributed by atoms with Crippen molar-refractivity contribution in [3.05, 3.63) is 102 Å². The SMILES string of the molecule is O=C(O)c1cc2ccccc2cn1.c1ccc2c(c1)ccc1c3c(ccc12)CCCC3. The molecule has 0 unspecified atom stereocenters. The zero-order chi connectivity index (χ0) is 21.2. The van der Waals surface area contributed by atoms with Gasteiger partial charge in [-0.25, -0.2) is 9.78 Å². The molecule has 5 aromatic rings. The molecule has 6 rings (SSSR count). The van der Waals surface area contributed by atoms with Gasteiger partial charge in [0.1, 0.15) is 5.69 Å². The van der Waals surface area contributed by atoms with E-state index in [2.05, 4.69) is 53.5 Å². The number of hydrogen-bond acceptors (Lipinski definition) is 2. The van der Waals surface area contributed by atoms with E-state index in [1.54, 1.807) is 23.4 Å². The van der Waals surface area contributed by atoms with Gasteiger partial charge >= 0.3 is 5.97 Å². The van der Waals surface area contributed by atoms with Crippen molar-refractivity contribution in [2.45, 2.75) is 25.7 Å². The molecule has 1 aromatic heterocycles. The summed E-state index contributed by atoms with van der Waals surface area (Å²) in [6, 6.07) is 27.1. The minimum absolute atomic E-state index is 0.0821. The van der Waals surface area contributed by atoms with Crippen molar-refractivity contribution in [1.82, 2.24) is 4.98 Å². The summed E-state index contributed by atoms with van der Waals surface area (Å²) >= 11 is 0. The van der Waals surface area contributed by atoms with Crippen LogP contribution in [0.5, 0.6) is 0 Å². The lowest BCUT2D eigenvalue weighted by molar-refractivity contribution is 0.0690. The van der Waals surface area contributed by atoms with E-state index in [-0.39, 0.29) is 5.69 Å². The van der Waals surface area contributed by atoms with Crippen LogP contribution >= 0.6 is 0 Å². The van der Waals surface area contributed by atoms with Gasteiger partial charge in [-0.3, -0.25) is 0 Å². The molecule has 1 aliphatic carbocycles. The lowest BCUT2D eigenvalue weighted by Gasteiger charge is -2.18. The number of aromatic carboxylic acids is 1. The first-order valence-electron chi connectivity index (χ1n) is 10.7. The normalized spacial score (nSPS) is 12.9. The van der Waals surface area contributed by atoms with Crippen LogP contribution in [0.2, 0.25) is 0 Å². The molecule has 3 nitrogen and oxygen atoms in total. The predicted octanol–water partition coefficient (Wildman–Crippen LogP) is 6.80. The third-order valence-corrected chi connectivity index (χ3v) is 6.11. The molecule has 0 amide bonds. The summed E-state index contributed by atoms with van der Waals surface area (Å²) in [5, 5.41) is 16.2. The number of aryl methyl sites for hydroxylation is 2. The van der Waals surface area contributed by atoms with Crippen LogP contribution < -0.4 is 0 Å². The summed E-state index contributed by atoms with van der Waals surface area (Å²) in [5.74, 6) is -0.995. The van der Waals surface area contributed by atoms with E-state index in [0.717, 1.165) is 10.8 Å². The second-order valence-electron chi connectivity index (χ2n) is 8.01. The predicted molar refractivity (Wildman–Crippen MR) is 127 cm³/mol. The van der Waals surface area contributed by atoms with E-state index in [0.29, 0.717) is 0 Å². The molecule has 0 spiro atoms. The summed E-state index contributed by atoms with van der Waals surface area (Å²) in [6.07, 6.45) is 6.78. The Hall–Kier alpha value is -3.72. The Morgan fingerprint density at radius 1 is 0.710 bits per heavy atom. The van der Waals surface area contributed by atoms with E-state index in [9.17, 15) is 4.79 Å². The Kier molecular flexibility index (Phi) is 5.09. The number of rotatable bonds is 1. The molecule has 0 saturated heterocycles. The second-order valence-corrected chi connectivity index (χ2v) is 8.01. The summed E-state index contributed by atoms with van der Waals surface area (Å²) in [6.45, 7) is 0. The van der Waals surface area contributed by atoms with Crippen LogP contribution in [0.4, 0.5) is 0 Å². The number of hydrogen-bond donors (Lipinski definition) is 1. The summed E-state index contributed by atoms with van der Waals surface area (Å²) in [7, 11) is 0. The van der Waals surface area contributed by atoms with Crippen LogP contribution in [0.15, 0.2) is 85.1 Å². The maximum atomic E-state index is 10.6. The minimum atomic E-state index is -0.995. The molecule has 152 valence electrons. The standard InChI is InChI=1S/C18H16.C10H7NO2/c1-3-7-15-13(5-1)9-11-18-16-8-4-2-6-14(16)10-12-17(15)18;12-10(13)9-5-7-3-1-2-4-8(7)6-11-9/h1,3,5,7,9-12H,2,4,6,8H2;1-6H,(H,12,13). The van der Waals surface area contributed by atoms with E-state index in [1.165, 1.54) is 47.2 Å². The fourth-order valence-corrected chi connectivity index (χ4v) is 4.54. The van der Waals surface area contributed by atoms with Crippen molar-refractivity contribution in [2.24, 2.45) is 0 Å². The number of nitrogens with zero attached hydrogens (tertiary/aromatic N) is 1. The molecule has 0 saturated carbocycles. The average molecular weight is 405 g/mol. The third kappa shape index (κ3) is 3.75. The lowest BCUT2D eigenvalue weighted by atomic mass is 9.86. The molecule has 0 bridgehead atoms. The molecule has 1 N–H and O–H groups in total. The zero-order valence-corrected chi connectivity index (χ0v) is 17.2. The van der Waals surface area contributed by atoms with Crippen molar-refractivity contribution in [2.75, 3.05) is 0 Å². The molecule has 1 aliphatic rings. The summed E-state index contributed by atoms with van der Waals surface area (Å²) in [5.41, 5.74) is 3.26. The molecule has 4 aromatic carbocycles. The molecule has 1 heterocycles. The highest BCUT2D eigenvalue weighted by Gasteiger charge is 2.13. The number of carboxylic acids is 1. The van der Waals surface area contributed by atoms with E-state index < -0.39 is 5.97 Å². The summed E-state index contributed by atoms with van der Waals surface area (Å²) < 4.78 is 0. The fraction of sp³-hybridized carbons (Fsp3) is 0.143. The van der Waals surface area contributed by atoms with Crippen molar-refractivity contribution < 1.29 is 9.90 Å². The van der Waals surface area contributed by atoms with Gasteiger partial charge in [-0.05, 0) is 69.8 Å². The first-order chi connectivity index (χ1) is 15.2. The van der Waals surface area contributed by atoms with Crippen LogP contribution in [0, 0.1) is 0 Å². The smallest absolute Gasteiger partial charge is 0.354 e. The maximum Gasteiger partial charge on any atom is 0.354 e. The first-order valence-corrected chi connectivity index (χ1v) is 10.7. The number of carbonyl (C=O) groups is 1. The van der Waals surface area contributed by atoms with Crippen LogP contribution in [0.1, 0.15) is 34.5 Å². The number of fused-ring (bicyclic) bond motifs is 6. The van der Waals surface area contributed by atoms with Gasteiger partial charge in [0.15, 0.2) is 0 Å². The van der Waals surface area contributed by atoms with Crippen molar-refractivity contribution in [1.29, 1.82) is 0 Å². The van der Waals surface area contributed by atoms with E-state index >= 15 is 0 Å². The fourth-order valence-electron chi connectivity index (χ4n) is 4.54. The van der Waals surface area contributed by atoms with Crippen molar-refractivity contribution in [3.8, 4) is 0 Å². The quantitative estimate of drug-likeness (QED) is 0.312. The van der Waals surface area contributed by atoms with Gasteiger partial charge in [0.2, 0.25) is 0 Å². The van der Waals surface area contributed by atoms with E-state index in [1.807, 2.05) is 24.3 Å². The largest absolute Gasteiger partial charge is 0.477 e. The van der Waals surface area contributed by atoms with Crippen LogP contribution in [0.25, 0.3) is 32.3 Å². The van der Waals surface area contributed by atoms with Crippen LogP contribution in [0.3, 0.4) is 0 Å². The Morgan fingerprint density at radius 2 is 1.42 bits per heavy atom.